The lowest BCUT2D eigenvalue weighted by atomic mass is 10.0. The van der Waals surface area contributed by atoms with Crippen LogP contribution in [0.15, 0.2) is 42.6 Å². The Morgan fingerprint density at radius 2 is 2.18 bits per heavy atom. The van der Waals surface area contributed by atoms with E-state index in [1.807, 2.05) is 0 Å². The number of fused-ring (bicyclic) bond motifs is 1. The second-order valence-corrected chi connectivity index (χ2v) is 7.11. The van der Waals surface area contributed by atoms with Crippen LogP contribution in [0.4, 0.5) is 10.1 Å². The van der Waals surface area contributed by atoms with E-state index in [4.69, 9.17) is 11.6 Å². The minimum absolute atomic E-state index is 0.0506. The third-order valence-corrected chi connectivity index (χ3v) is 5.00. The highest BCUT2D eigenvalue weighted by Crippen LogP contribution is 2.30. The number of aromatic amines is 1. The Kier molecular flexibility index (Phi) is 4.52. The van der Waals surface area contributed by atoms with Gasteiger partial charge in [0.1, 0.15) is 5.82 Å². The third kappa shape index (κ3) is 3.21. The third-order valence-electron chi connectivity index (χ3n) is 4.78. The van der Waals surface area contributed by atoms with Crippen molar-refractivity contribution >= 4 is 40.0 Å². The van der Waals surface area contributed by atoms with E-state index in [-0.39, 0.29) is 24.5 Å². The molecule has 1 fully saturated rings. The van der Waals surface area contributed by atoms with Crippen LogP contribution in [0.3, 0.4) is 0 Å². The van der Waals surface area contributed by atoms with E-state index in [0.717, 1.165) is 17.0 Å². The number of carbonyl (C=O) groups excluding carboxylic acids is 2. The summed E-state index contributed by atoms with van der Waals surface area (Å²) in [6.45, 7) is 0.130. The topological polar surface area (TPSA) is 98.3 Å². The van der Waals surface area contributed by atoms with Crippen molar-refractivity contribution in [2.75, 3.05) is 11.4 Å². The van der Waals surface area contributed by atoms with Gasteiger partial charge in [-0.05, 0) is 42.0 Å². The molecule has 28 heavy (non-hydrogen) atoms. The highest BCUT2D eigenvalue weighted by atomic mass is 35.5. The number of aromatic nitrogens is 2. The molecule has 1 atom stereocenters. The number of nitrogens with one attached hydrogen (secondary N) is 2. The zero-order chi connectivity index (χ0) is 19.9. The molecule has 0 radical (unpaired) electrons. The van der Waals surface area contributed by atoms with E-state index in [9.17, 15) is 19.1 Å². The smallest absolute Gasteiger partial charge is 0.268 e. The number of hydrogen-bond acceptors (Lipinski definition) is 4. The minimum atomic E-state index is -2.18. The van der Waals surface area contributed by atoms with Crippen molar-refractivity contribution in [2.24, 2.45) is 0 Å². The highest BCUT2D eigenvalue weighted by Gasteiger charge is 2.51. The predicted octanol–water partition coefficient (Wildman–Crippen LogP) is 2.14. The molecule has 9 heteroatoms. The first-order valence-electron chi connectivity index (χ1n) is 8.57. The van der Waals surface area contributed by atoms with Gasteiger partial charge in [0.05, 0.1) is 11.7 Å². The molecule has 4 rings (SSSR count). The van der Waals surface area contributed by atoms with Crippen molar-refractivity contribution in [1.29, 1.82) is 0 Å². The molecule has 2 amide bonds. The predicted molar refractivity (Wildman–Crippen MR) is 101 cm³/mol. The van der Waals surface area contributed by atoms with E-state index in [1.54, 1.807) is 24.4 Å². The molecule has 0 aliphatic carbocycles. The van der Waals surface area contributed by atoms with Crippen LogP contribution in [0.5, 0.6) is 0 Å². The summed E-state index contributed by atoms with van der Waals surface area (Å²) in [4.78, 5) is 26.7. The number of anilines is 1. The van der Waals surface area contributed by atoms with Gasteiger partial charge in [0.25, 0.3) is 11.8 Å². The number of nitrogens with zero attached hydrogens (tertiary/aromatic N) is 2. The Balaban J connectivity index is 1.49. The molecule has 0 spiro atoms. The lowest BCUT2D eigenvalue weighted by Crippen LogP contribution is -2.52. The summed E-state index contributed by atoms with van der Waals surface area (Å²) in [5.41, 5.74) is -0.367. The molecule has 1 aliphatic heterocycles. The Morgan fingerprint density at radius 3 is 2.96 bits per heavy atom. The van der Waals surface area contributed by atoms with Gasteiger partial charge in [-0.25, -0.2) is 4.39 Å². The maximum absolute atomic E-state index is 13.4. The van der Waals surface area contributed by atoms with E-state index in [2.05, 4.69) is 15.5 Å². The summed E-state index contributed by atoms with van der Waals surface area (Å²) in [6, 6.07) is 9.12. The summed E-state index contributed by atoms with van der Waals surface area (Å²) >= 11 is 5.79. The largest absolute Gasteiger partial charge is 0.372 e. The normalized spacial score (nSPS) is 19.4. The van der Waals surface area contributed by atoms with Gasteiger partial charge in [0, 0.05) is 35.6 Å². The Bertz CT molecular complexity index is 1070. The summed E-state index contributed by atoms with van der Waals surface area (Å²) in [5, 5.41) is 20.9. The maximum Gasteiger partial charge on any atom is 0.268 e. The number of hydrogen-bond donors (Lipinski definition) is 3. The monoisotopic (exact) mass is 402 g/mol. The average Bonchev–Trinajstić information content (AvgIpc) is 3.24. The van der Waals surface area contributed by atoms with Crippen LogP contribution in [0, 0.1) is 5.82 Å². The standard InChI is InChI=1S/C19H16ClFN4O3/c20-13-5-11(6-14(21)8-13)9-22-17(26)19(28)3-4-25(18(19)27)15-1-2-16-12(7-15)10-23-24-16/h1-2,5-8,10,28H,3-4,9H2,(H,22,26)(H,23,24)/t19-/m0/s1. The highest BCUT2D eigenvalue weighted by molar-refractivity contribution is 6.30. The lowest BCUT2D eigenvalue weighted by molar-refractivity contribution is -0.149. The fourth-order valence-corrected chi connectivity index (χ4v) is 3.55. The fourth-order valence-electron chi connectivity index (χ4n) is 3.30. The Labute approximate surface area is 164 Å². The van der Waals surface area contributed by atoms with Gasteiger partial charge in [0.15, 0.2) is 0 Å². The molecule has 0 bridgehead atoms. The van der Waals surface area contributed by atoms with Gasteiger partial charge in [-0.2, -0.15) is 5.10 Å². The Hall–Kier alpha value is -2.97. The molecule has 2 aromatic carbocycles. The van der Waals surface area contributed by atoms with Crippen LogP contribution in [-0.2, 0) is 16.1 Å². The molecule has 0 saturated carbocycles. The number of rotatable bonds is 4. The molecular weight excluding hydrogens is 387 g/mol. The lowest BCUT2D eigenvalue weighted by Gasteiger charge is -2.22. The molecule has 3 aromatic rings. The number of benzene rings is 2. The van der Waals surface area contributed by atoms with Gasteiger partial charge in [-0.1, -0.05) is 11.6 Å². The van der Waals surface area contributed by atoms with Crippen molar-refractivity contribution < 1.29 is 19.1 Å². The second kappa shape index (κ2) is 6.88. The van der Waals surface area contributed by atoms with E-state index in [0.29, 0.717) is 11.3 Å². The first kappa shape index (κ1) is 18.4. The van der Waals surface area contributed by atoms with Gasteiger partial charge in [-0.15, -0.1) is 0 Å². The van der Waals surface area contributed by atoms with Crippen molar-refractivity contribution in [1.82, 2.24) is 15.5 Å². The van der Waals surface area contributed by atoms with Crippen LogP contribution in [0.25, 0.3) is 10.9 Å². The number of aliphatic hydroxyl groups is 1. The van der Waals surface area contributed by atoms with E-state index < -0.39 is 23.2 Å². The summed E-state index contributed by atoms with van der Waals surface area (Å²) in [6.07, 6.45) is 1.58. The molecular formula is C19H16ClFN4O3. The van der Waals surface area contributed by atoms with Crippen LogP contribution in [-0.4, -0.2) is 39.3 Å². The number of carbonyl (C=O) groups is 2. The van der Waals surface area contributed by atoms with Crippen molar-refractivity contribution in [3.8, 4) is 0 Å². The molecule has 2 heterocycles. The van der Waals surface area contributed by atoms with Crippen LogP contribution < -0.4 is 10.2 Å². The van der Waals surface area contributed by atoms with Gasteiger partial charge in [0.2, 0.25) is 5.60 Å². The molecule has 7 nitrogen and oxygen atoms in total. The van der Waals surface area contributed by atoms with Crippen molar-refractivity contribution in [2.45, 2.75) is 18.6 Å². The van der Waals surface area contributed by atoms with Crippen LogP contribution >= 0.6 is 11.6 Å². The van der Waals surface area contributed by atoms with Crippen molar-refractivity contribution in [3.63, 3.8) is 0 Å². The molecule has 1 aliphatic rings. The number of H-pyrrole nitrogens is 1. The van der Waals surface area contributed by atoms with Gasteiger partial charge >= 0.3 is 0 Å². The van der Waals surface area contributed by atoms with Gasteiger partial charge < -0.3 is 15.3 Å². The maximum atomic E-state index is 13.4. The first-order valence-corrected chi connectivity index (χ1v) is 8.95. The zero-order valence-corrected chi connectivity index (χ0v) is 15.3. The SMILES string of the molecule is O=C(NCc1cc(F)cc(Cl)c1)[C@@]1(O)CCN(c2ccc3[nH]ncc3c2)C1=O. The Morgan fingerprint density at radius 1 is 1.36 bits per heavy atom. The molecule has 144 valence electrons. The first-order chi connectivity index (χ1) is 13.4. The van der Waals surface area contributed by atoms with E-state index in [1.165, 1.54) is 17.0 Å². The second-order valence-electron chi connectivity index (χ2n) is 6.67. The number of halogens is 2. The summed E-state index contributed by atoms with van der Waals surface area (Å²) < 4.78 is 13.4. The van der Waals surface area contributed by atoms with E-state index >= 15 is 0 Å². The molecule has 0 unspecified atom stereocenters. The summed E-state index contributed by atoms with van der Waals surface area (Å²) in [5.74, 6) is -2.07. The van der Waals surface area contributed by atoms with Crippen LogP contribution in [0.1, 0.15) is 12.0 Å². The van der Waals surface area contributed by atoms with Crippen LogP contribution in [0.2, 0.25) is 5.02 Å². The van der Waals surface area contributed by atoms with Crippen molar-refractivity contribution in [3.05, 3.63) is 59.0 Å². The quantitative estimate of drug-likeness (QED) is 0.582. The summed E-state index contributed by atoms with van der Waals surface area (Å²) in [7, 11) is 0. The average molecular weight is 403 g/mol. The number of amides is 2. The fraction of sp³-hybridized carbons (Fsp3) is 0.211. The molecule has 1 saturated heterocycles. The zero-order valence-electron chi connectivity index (χ0n) is 14.6. The van der Waals surface area contributed by atoms with Gasteiger partial charge in [-0.3, -0.25) is 14.7 Å². The molecule has 3 N–H and O–H groups in total. The molecule has 1 aromatic heterocycles. The minimum Gasteiger partial charge on any atom is -0.372 e.